The van der Waals surface area contributed by atoms with Crippen LogP contribution in [0.3, 0.4) is 0 Å². The van der Waals surface area contributed by atoms with Gasteiger partial charge in [-0.05, 0) is 43.4 Å². The van der Waals surface area contributed by atoms with Gasteiger partial charge >= 0.3 is 6.03 Å². The third kappa shape index (κ3) is 4.07. The van der Waals surface area contributed by atoms with Gasteiger partial charge in [0.25, 0.3) is 0 Å². The molecular formula is C15H23N3OS. The summed E-state index contributed by atoms with van der Waals surface area (Å²) in [7, 11) is 0. The average molecular weight is 293 g/mol. The Morgan fingerprint density at radius 1 is 1.25 bits per heavy atom. The van der Waals surface area contributed by atoms with E-state index >= 15 is 0 Å². The van der Waals surface area contributed by atoms with Crippen molar-refractivity contribution in [2.24, 2.45) is 0 Å². The van der Waals surface area contributed by atoms with Gasteiger partial charge in [0.2, 0.25) is 0 Å². The fourth-order valence-corrected chi connectivity index (χ4v) is 3.55. The van der Waals surface area contributed by atoms with Gasteiger partial charge in [-0.15, -0.1) is 0 Å². The lowest BCUT2D eigenvalue weighted by Gasteiger charge is -2.35. The Balaban J connectivity index is 1.83. The number of nitrogens with two attached hydrogens (primary N) is 1. The van der Waals surface area contributed by atoms with E-state index in [2.05, 4.69) is 16.9 Å². The Labute approximate surface area is 124 Å². The summed E-state index contributed by atoms with van der Waals surface area (Å²) in [6.45, 7) is 0.731. The lowest BCUT2D eigenvalue weighted by molar-refractivity contribution is 0.249. The van der Waals surface area contributed by atoms with Crippen molar-refractivity contribution in [2.45, 2.75) is 36.9 Å². The van der Waals surface area contributed by atoms with E-state index in [-0.39, 0.29) is 10.8 Å². The van der Waals surface area contributed by atoms with E-state index in [1.165, 1.54) is 32.1 Å². The minimum absolute atomic E-state index is 0.145. The molecule has 0 aromatic heterocycles. The third-order valence-corrected chi connectivity index (χ3v) is 5.36. The summed E-state index contributed by atoms with van der Waals surface area (Å²) in [6, 6.07) is 7.02. The molecule has 0 aliphatic heterocycles. The number of rotatable bonds is 4. The second-order valence-electron chi connectivity index (χ2n) is 5.38. The second-order valence-corrected chi connectivity index (χ2v) is 6.65. The maximum atomic E-state index is 11.9. The Hall–Kier alpha value is -1.36. The van der Waals surface area contributed by atoms with E-state index in [9.17, 15) is 4.79 Å². The molecule has 5 heteroatoms. The highest BCUT2D eigenvalue weighted by atomic mass is 32.2. The van der Waals surface area contributed by atoms with Crippen molar-refractivity contribution in [1.29, 1.82) is 0 Å². The molecule has 4 nitrogen and oxygen atoms in total. The average Bonchev–Trinajstić information content (AvgIpc) is 2.49. The first-order chi connectivity index (χ1) is 9.63. The number of urea groups is 1. The van der Waals surface area contributed by atoms with Crippen LogP contribution in [0.1, 0.15) is 32.1 Å². The first kappa shape index (κ1) is 15.0. The van der Waals surface area contributed by atoms with Crippen molar-refractivity contribution < 1.29 is 4.79 Å². The Morgan fingerprint density at radius 2 is 1.90 bits per heavy atom. The minimum atomic E-state index is -0.145. The number of thioether (sulfide) groups is 1. The van der Waals surface area contributed by atoms with Crippen LogP contribution in [0.15, 0.2) is 24.3 Å². The molecule has 4 N–H and O–H groups in total. The molecule has 2 rings (SSSR count). The number of nitrogen functional groups attached to an aromatic ring is 1. The van der Waals surface area contributed by atoms with Gasteiger partial charge in [0, 0.05) is 22.7 Å². The number of carbonyl (C=O) groups excluding carboxylic acids is 1. The lowest BCUT2D eigenvalue weighted by atomic mass is 9.88. The van der Waals surface area contributed by atoms with Crippen LogP contribution < -0.4 is 16.4 Å². The fraction of sp³-hybridized carbons (Fsp3) is 0.533. The van der Waals surface area contributed by atoms with Gasteiger partial charge in [-0.1, -0.05) is 19.3 Å². The van der Waals surface area contributed by atoms with Gasteiger partial charge in [0.1, 0.15) is 0 Å². The number of nitrogens with one attached hydrogen (secondary N) is 2. The Kier molecular flexibility index (Phi) is 5.17. The summed E-state index contributed by atoms with van der Waals surface area (Å²) in [5, 5.41) is 5.84. The monoisotopic (exact) mass is 293 g/mol. The zero-order valence-electron chi connectivity index (χ0n) is 11.9. The molecular weight excluding hydrogens is 270 g/mol. The zero-order valence-corrected chi connectivity index (χ0v) is 12.8. The quantitative estimate of drug-likeness (QED) is 0.745. The molecule has 1 aromatic carbocycles. The molecule has 0 atom stereocenters. The highest BCUT2D eigenvalue weighted by Crippen LogP contribution is 2.37. The van der Waals surface area contributed by atoms with Crippen LogP contribution in [0.2, 0.25) is 0 Å². The number of hydrogen-bond donors (Lipinski definition) is 3. The van der Waals surface area contributed by atoms with Crippen molar-refractivity contribution in [1.82, 2.24) is 5.32 Å². The number of benzene rings is 1. The zero-order chi connectivity index (χ0) is 14.4. The molecule has 0 bridgehead atoms. The van der Waals surface area contributed by atoms with E-state index in [1.54, 1.807) is 24.3 Å². The largest absolute Gasteiger partial charge is 0.399 e. The van der Waals surface area contributed by atoms with Crippen molar-refractivity contribution in [3.63, 3.8) is 0 Å². The molecule has 0 heterocycles. The molecule has 1 fully saturated rings. The van der Waals surface area contributed by atoms with Crippen LogP contribution in [-0.2, 0) is 0 Å². The summed E-state index contributed by atoms with van der Waals surface area (Å²) < 4.78 is 0.219. The molecule has 110 valence electrons. The predicted molar refractivity (Wildman–Crippen MR) is 87.2 cm³/mol. The van der Waals surface area contributed by atoms with Gasteiger partial charge in [0.05, 0.1) is 0 Å². The summed E-state index contributed by atoms with van der Waals surface area (Å²) in [6.07, 6.45) is 8.38. The van der Waals surface area contributed by atoms with Crippen LogP contribution in [0, 0.1) is 0 Å². The van der Waals surface area contributed by atoms with Crippen molar-refractivity contribution in [3.8, 4) is 0 Å². The molecule has 1 aromatic rings. The maximum absolute atomic E-state index is 11.9. The maximum Gasteiger partial charge on any atom is 0.319 e. The van der Waals surface area contributed by atoms with E-state index in [0.29, 0.717) is 5.69 Å². The molecule has 2 amide bonds. The number of anilines is 2. The van der Waals surface area contributed by atoms with Gasteiger partial charge in [-0.2, -0.15) is 11.8 Å². The smallest absolute Gasteiger partial charge is 0.319 e. The van der Waals surface area contributed by atoms with Crippen LogP contribution >= 0.6 is 11.8 Å². The van der Waals surface area contributed by atoms with Gasteiger partial charge in [-0.25, -0.2) is 4.79 Å². The Bertz CT molecular complexity index is 441. The number of amides is 2. The van der Waals surface area contributed by atoms with Gasteiger partial charge < -0.3 is 16.4 Å². The molecule has 1 saturated carbocycles. The molecule has 0 unspecified atom stereocenters. The van der Waals surface area contributed by atoms with Crippen molar-refractivity contribution in [2.75, 3.05) is 23.9 Å². The second kappa shape index (κ2) is 6.88. The number of hydrogen-bond acceptors (Lipinski definition) is 3. The molecule has 0 radical (unpaired) electrons. The first-order valence-corrected chi connectivity index (χ1v) is 8.32. The molecule has 1 aliphatic carbocycles. The first-order valence-electron chi connectivity index (χ1n) is 7.09. The Morgan fingerprint density at radius 3 is 2.50 bits per heavy atom. The standard InChI is InChI=1S/C15H23N3OS/c1-20-15(9-3-2-4-10-15)11-17-14(19)18-13-7-5-12(16)6-8-13/h5-8H,2-4,9-11,16H2,1H3,(H2,17,18,19). The van der Waals surface area contributed by atoms with Crippen LogP contribution in [-0.4, -0.2) is 23.6 Å². The van der Waals surface area contributed by atoms with Crippen molar-refractivity contribution >= 4 is 29.2 Å². The fourth-order valence-electron chi connectivity index (χ4n) is 2.63. The molecule has 20 heavy (non-hydrogen) atoms. The molecule has 0 spiro atoms. The topological polar surface area (TPSA) is 67.2 Å². The van der Waals surface area contributed by atoms with Crippen LogP contribution in [0.25, 0.3) is 0 Å². The van der Waals surface area contributed by atoms with Gasteiger partial charge in [0.15, 0.2) is 0 Å². The minimum Gasteiger partial charge on any atom is -0.399 e. The normalized spacial score (nSPS) is 17.4. The van der Waals surface area contributed by atoms with Crippen LogP contribution in [0.4, 0.5) is 16.2 Å². The summed E-state index contributed by atoms with van der Waals surface area (Å²) >= 11 is 1.88. The third-order valence-electron chi connectivity index (χ3n) is 3.94. The highest BCUT2D eigenvalue weighted by Gasteiger charge is 2.31. The van der Waals surface area contributed by atoms with E-state index in [4.69, 9.17) is 5.73 Å². The molecule has 0 saturated heterocycles. The van der Waals surface area contributed by atoms with Crippen molar-refractivity contribution in [3.05, 3.63) is 24.3 Å². The van der Waals surface area contributed by atoms with E-state index in [1.807, 2.05) is 11.8 Å². The highest BCUT2D eigenvalue weighted by molar-refractivity contribution is 8.00. The summed E-state index contributed by atoms with van der Waals surface area (Å²) in [4.78, 5) is 11.9. The summed E-state index contributed by atoms with van der Waals surface area (Å²) in [5.41, 5.74) is 7.07. The van der Waals surface area contributed by atoms with E-state index in [0.717, 1.165) is 12.2 Å². The summed E-state index contributed by atoms with van der Waals surface area (Å²) in [5.74, 6) is 0. The SMILES string of the molecule is CSC1(CNC(=O)Nc2ccc(N)cc2)CCCCC1. The van der Waals surface area contributed by atoms with E-state index < -0.39 is 0 Å². The van der Waals surface area contributed by atoms with Gasteiger partial charge in [-0.3, -0.25) is 0 Å². The predicted octanol–water partition coefficient (Wildman–Crippen LogP) is 3.46. The lowest BCUT2D eigenvalue weighted by Crippen LogP contribution is -2.43. The van der Waals surface area contributed by atoms with Crippen LogP contribution in [0.5, 0.6) is 0 Å². The number of carbonyl (C=O) groups is 1. The molecule has 1 aliphatic rings.